The lowest BCUT2D eigenvalue weighted by Crippen LogP contribution is -3.00. The minimum absolute atomic E-state index is 0. The number of nitrogens with zero attached hydrogens (tertiary/aromatic N) is 2. The van der Waals surface area contributed by atoms with Crippen molar-refractivity contribution in [2.45, 2.75) is 13.0 Å². The van der Waals surface area contributed by atoms with E-state index in [1.807, 2.05) is 11.0 Å². The molecule has 3 N–H and O–H groups in total. The monoisotopic (exact) mass is 435 g/mol. The Labute approximate surface area is 184 Å². The molecule has 1 saturated heterocycles. The smallest absolute Gasteiger partial charge is 0.260 e. The highest BCUT2D eigenvalue weighted by molar-refractivity contribution is 6.00. The summed E-state index contributed by atoms with van der Waals surface area (Å²) in [4.78, 5) is 17.5. The molecule has 30 heavy (non-hydrogen) atoms. The molecule has 1 aliphatic rings. The van der Waals surface area contributed by atoms with Gasteiger partial charge in [0, 0.05) is 38.3 Å². The van der Waals surface area contributed by atoms with Crippen molar-refractivity contribution in [3.8, 4) is 17.2 Å². The van der Waals surface area contributed by atoms with Crippen molar-refractivity contribution in [1.29, 1.82) is 0 Å². The lowest BCUT2D eigenvalue weighted by atomic mass is 10.1. The van der Waals surface area contributed by atoms with Gasteiger partial charge in [0.25, 0.3) is 5.91 Å². The minimum atomic E-state index is -0.0683. The topological polar surface area (TPSA) is 78.9 Å². The SMILES string of the molecule is COc1cc(C(=O)N2CCN(C(C)c3ccccc3)CC2)c([NH3+])c(OC)c1OC.[Cl-]. The van der Waals surface area contributed by atoms with E-state index in [1.165, 1.54) is 26.9 Å². The number of piperazine rings is 1. The predicted molar refractivity (Wildman–Crippen MR) is 111 cm³/mol. The van der Waals surface area contributed by atoms with Crippen LogP contribution >= 0.6 is 0 Å². The van der Waals surface area contributed by atoms with E-state index in [4.69, 9.17) is 14.2 Å². The lowest BCUT2D eigenvalue weighted by Gasteiger charge is -2.38. The Kier molecular flexibility index (Phi) is 8.34. The maximum atomic E-state index is 13.2. The van der Waals surface area contributed by atoms with Crippen LogP contribution in [0.5, 0.6) is 17.2 Å². The number of rotatable bonds is 6. The van der Waals surface area contributed by atoms with E-state index in [1.54, 1.807) is 6.07 Å². The van der Waals surface area contributed by atoms with Crippen molar-refractivity contribution >= 4 is 11.6 Å². The van der Waals surface area contributed by atoms with Crippen LogP contribution in [0.4, 0.5) is 5.69 Å². The van der Waals surface area contributed by atoms with Crippen LogP contribution < -0.4 is 32.4 Å². The molecule has 2 aromatic carbocycles. The quantitative estimate of drug-likeness (QED) is 0.636. The summed E-state index contributed by atoms with van der Waals surface area (Å²) in [6.45, 7) is 5.16. The number of amides is 1. The number of methoxy groups -OCH3 is 3. The molecule has 1 aliphatic heterocycles. The molecule has 1 amide bonds. The Balaban J connectivity index is 0.00000320. The maximum absolute atomic E-state index is 13.2. The van der Waals surface area contributed by atoms with Gasteiger partial charge in [-0.1, -0.05) is 30.3 Å². The summed E-state index contributed by atoms with van der Waals surface area (Å²) in [6.07, 6.45) is 0. The second-order valence-electron chi connectivity index (χ2n) is 7.09. The molecular weight excluding hydrogens is 406 g/mol. The summed E-state index contributed by atoms with van der Waals surface area (Å²) < 4.78 is 16.2. The van der Waals surface area contributed by atoms with Gasteiger partial charge in [0.1, 0.15) is 5.56 Å². The molecule has 0 aliphatic carbocycles. The van der Waals surface area contributed by atoms with Crippen LogP contribution in [0.2, 0.25) is 0 Å². The molecule has 2 aromatic rings. The average molecular weight is 436 g/mol. The van der Waals surface area contributed by atoms with Crippen molar-refractivity contribution in [3.63, 3.8) is 0 Å². The second-order valence-corrected chi connectivity index (χ2v) is 7.09. The van der Waals surface area contributed by atoms with Gasteiger partial charge < -0.3 is 37.3 Å². The summed E-state index contributed by atoms with van der Waals surface area (Å²) in [6, 6.07) is 12.4. The zero-order chi connectivity index (χ0) is 21.0. The summed E-state index contributed by atoms with van der Waals surface area (Å²) in [5, 5.41) is 0. The Bertz CT molecular complexity index is 855. The van der Waals surface area contributed by atoms with E-state index in [0.717, 1.165) is 13.1 Å². The molecule has 8 heteroatoms. The maximum Gasteiger partial charge on any atom is 0.260 e. The van der Waals surface area contributed by atoms with E-state index in [0.29, 0.717) is 47.6 Å². The van der Waals surface area contributed by atoms with Crippen LogP contribution in [0.15, 0.2) is 36.4 Å². The fourth-order valence-electron chi connectivity index (χ4n) is 3.83. The van der Waals surface area contributed by atoms with Crippen molar-refractivity contribution in [2.75, 3.05) is 47.5 Å². The number of ether oxygens (including phenoxy) is 3. The van der Waals surface area contributed by atoms with Gasteiger partial charge in [-0.25, -0.2) is 0 Å². The van der Waals surface area contributed by atoms with Crippen molar-refractivity contribution in [1.82, 2.24) is 9.80 Å². The van der Waals surface area contributed by atoms with Crippen molar-refractivity contribution in [3.05, 3.63) is 47.5 Å². The first-order chi connectivity index (χ1) is 14.0. The fraction of sp³-hybridized carbons (Fsp3) is 0.409. The molecule has 0 saturated carbocycles. The summed E-state index contributed by atoms with van der Waals surface area (Å²) in [5.74, 6) is 1.25. The van der Waals surface area contributed by atoms with E-state index < -0.39 is 0 Å². The Morgan fingerprint density at radius 3 is 2.10 bits per heavy atom. The first-order valence-electron chi connectivity index (χ1n) is 9.75. The van der Waals surface area contributed by atoms with Gasteiger partial charge >= 0.3 is 0 Å². The van der Waals surface area contributed by atoms with Crippen LogP contribution in [0, 0.1) is 0 Å². The zero-order valence-corrected chi connectivity index (χ0v) is 18.7. The van der Waals surface area contributed by atoms with Crippen molar-refractivity contribution in [2.24, 2.45) is 0 Å². The third kappa shape index (κ3) is 4.64. The molecule has 0 aromatic heterocycles. The molecular formula is C22H30ClN3O4. The third-order valence-electron chi connectivity index (χ3n) is 5.59. The van der Waals surface area contributed by atoms with Crippen LogP contribution in [0.3, 0.4) is 0 Å². The highest BCUT2D eigenvalue weighted by Gasteiger charge is 2.30. The van der Waals surface area contributed by atoms with Gasteiger partial charge in [0.2, 0.25) is 11.5 Å². The number of benzene rings is 2. The normalized spacial score (nSPS) is 15.2. The fourth-order valence-corrected chi connectivity index (χ4v) is 3.83. The van der Waals surface area contributed by atoms with Gasteiger partial charge in [-0.2, -0.15) is 0 Å². The molecule has 1 atom stereocenters. The standard InChI is InChI=1S/C22H29N3O4.ClH/c1-15(16-8-6-5-7-9-16)24-10-12-25(13-11-24)22(26)17-14-18(27-2)20(28-3)21(29-4)19(17)23;/h5-9,14-15H,10-13,23H2,1-4H3;1H. The number of hydrogen-bond acceptors (Lipinski definition) is 5. The summed E-state index contributed by atoms with van der Waals surface area (Å²) in [5.41, 5.74) is 6.33. The van der Waals surface area contributed by atoms with Crippen molar-refractivity contribution < 1.29 is 37.1 Å². The van der Waals surface area contributed by atoms with Crippen LogP contribution in [-0.2, 0) is 0 Å². The summed E-state index contributed by atoms with van der Waals surface area (Å²) >= 11 is 0. The third-order valence-corrected chi connectivity index (χ3v) is 5.59. The van der Waals surface area contributed by atoms with Gasteiger partial charge in [-0.15, -0.1) is 0 Å². The molecule has 1 fully saturated rings. The molecule has 0 bridgehead atoms. The number of quaternary nitrogens is 1. The molecule has 164 valence electrons. The van der Waals surface area contributed by atoms with Gasteiger partial charge in [0.05, 0.1) is 21.3 Å². The lowest BCUT2D eigenvalue weighted by molar-refractivity contribution is -0.257. The van der Waals surface area contributed by atoms with Gasteiger partial charge in [-0.05, 0) is 12.5 Å². The first-order valence-corrected chi connectivity index (χ1v) is 9.75. The molecule has 0 spiro atoms. The summed E-state index contributed by atoms with van der Waals surface area (Å²) in [7, 11) is 4.61. The zero-order valence-electron chi connectivity index (χ0n) is 18.0. The van der Waals surface area contributed by atoms with E-state index in [2.05, 4.69) is 41.8 Å². The largest absolute Gasteiger partial charge is 1.00 e. The van der Waals surface area contributed by atoms with Crippen LogP contribution in [-0.4, -0.2) is 63.2 Å². The Morgan fingerprint density at radius 1 is 0.967 bits per heavy atom. The van der Waals surface area contributed by atoms with E-state index in [9.17, 15) is 4.79 Å². The molecule has 0 radical (unpaired) electrons. The number of hydrogen-bond donors (Lipinski definition) is 1. The average Bonchev–Trinajstić information content (AvgIpc) is 2.78. The van der Waals surface area contributed by atoms with E-state index in [-0.39, 0.29) is 18.3 Å². The van der Waals surface area contributed by atoms with E-state index >= 15 is 0 Å². The van der Waals surface area contributed by atoms with Gasteiger partial charge in [-0.3, -0.25) is 9.69 Å². The minimum Gasteiger partial charge on any atom is -1.00 e. The Morgan fingerprint density at radius 2 is 1.57 bits per heavy atom. The molecule has 7 nitrogen and oxygen atoms in total. The van der Waals surface area contributed by atoms with Crippen LogP contribution in [0.1, 0.15) is 28.9 Å². The molecule has 1 heterocycles. The predicted octanol–water partition coefficient (Wildman–Crippen LogP) is -0.891. The van der Waals surface area contributed by atoms with Crippen LogP contribution in [0.25, 0.3) is 0 Å². The first kappa shape index (κ1) is 23.8. The van der Waals surface area contributed by atoms with Gasteiger partial charge in [0.15, 0.2) is 11.4 Å². The highest BCUT2D eigenvalue weighted by Crippen LogP contribution is 2.43. The number of halogens is 1. The number of carbonyl (C=O) groups is 1. The Hall–Kier alpha value is -2.48. The second kappa shape index (κ2) is 10.5. The molecule has 1 unspecified atom stereocenters. The highest BCUT2D eigenvalue weighted by atomic mass is 35.5. The number of carbonyl (C=O) groups excluding carboxylic acids is 1. The molecule has 3 rings (SSSR count).